The molecule has 1 aromatic carbocycles. The Balaban J connectivity index is 1.80. The van der Waals surface area contributed by atoms with Gasteiger partial charge >= 0.3 is 0 Å². The number of hydrogen-bond acceptors (Lipinski definition) is 3. The first-order chi connectivity index (χ1) is 9.33. The Hall–Kier alpha value is -1.61. The zero-order valence-electron chi connectivity index (χ0n) is 10.7. The molecule has 0 radical (unpaired) electrons. The lowest BCUT2D eigenvalue weighted by Crippen LogP contribution is -2.29. The molecule has 1 aliphatic heterocycles. The molecule has 0 bridgehead atoms. The molecule has 3 nitrogen and oxygen atoms in total. The van der Waals surface area contributed by atoms with Gasteiger partial charge in [0.1, 0.15) is 0 Å². The number of nitrogens with zero attached hydrogens (tertiary/aromatic N) is 3. The van der Waals surface area contributed by atoms with E-state index in [2.05, 4.69) is 39.4 Å². The van der Waals surface area contributed by atoms with Crippen LogP contribution in [-0.4, -0.2) is 23.3 Å². The maximum atomic E-state index is 5.75. The molecule has 1 fully saturated rings. The first-order valence-corrected chi connectivity index (χ1v) is 7.05. The molecule has 3 rings (SSSR count). The van der Waals surface area contributed by atoms with Crippen LogP contribution >= 0.6 is 11.6 Å². The number of hydrogen-bond donors (Lipinski definition) is 0. The molecule has 0 atom stereocenters. The van der Waals surface area contributed by atoms with Gasteiger partial charge in [0.25, 0.3) is 0 Å². The monoisotopic (exact) mass is 273 g/mol. The maximum Gasteiger partial charge on any atom is 0.151 e. The van der Waals surface area contributed by atoms with Crippen LogP contribution < -0.4 is 4.90 Å². The molecule has 2 aromatic rings. The SMILES string of the molecule is Clc1ccc(-c2ccc(N3CCCCC3)cc2)nn1. The Morgan fingerprint density at radius 2 is 1.58 bits per heavy atom. The van der Waals surface area contributed by atoms with Gasteiger partial charge in [0.15, 0.2) is 5.15 Å². The number of benzene rings is 1. The van der Waals surface area contributed by atoms with Crippen molar-refractivity contribution in [3.05, 3.63) is 41.6 Å². The maximum absolute atomic E-state index is 5.75. The third kappa shape index (κ3) is 2.87. The van der Waals surface area contributed by atoms with Crippen LogP contribution in [0.25, 0.3) is 11.3 Å². The molecule has 0 amide bonds. The molecule has 98 valence electrons. The van der Waals surface area contributed by atoms with E-state index in [1.807, 2.05) is 6.07 Å². The molecule has 19 heavy (non-hydrogen) atoms. The highest BCUT2D eigenvalue weighted by molar-refractivity contribution is 6.29. The molecule has 4 heteroatoms. The average molecular weight is 274 g/mol. The zero-order chi connectivity index (χ0) is 13.1. The highest BCUT2D eigenvalue weighted by Gasteiger charge is 2.10. The van der Waals surface area contributed by atoms with Crippen LogP contribution in [0.15, 0.2) is 36.4 Å². The van der Waals surface area contributed by atoms with E-state index in [9.17, 15) is 0 Å². The van der Waals surface area contributed by atoms with Crippen LogP contribution in [0.1, 0.15) is 19.3 Å². The first-order valence-electron chi connectivity index (χ1n) is 6.67. The van der Waals surface area contributed by atoms with E-state index in [1.165, 1.54) is 38.0 Å². The first kappa shape index (κ1) is 12.4. The summed E-state index contributed by atoms with van der Waals surface area (Å²) in [6.45, 7) is 2.33. The number of halogens is 1. The predicted octanol–water partition coefficient (Wildman–Crippen LogP) is 3.79. The van der Waals surface area contributed by atoms with Crippen molar-refractivity contribution in [2.45, 2.75) is 19.3 Å². The molecular formula is C15H16ClN3. The van der Waals surface area contributed by atoms with Gasteiger partial charge in [-0.25, -0.2) is 0 Å². The van der Waals surface area contributed by atoms with Crippen molar-refractivity contribution >= 4 is 17.3 Å². The van der Waals surface area contributed by atoms with E-state index in [0.29, 0.717) is 5.15 Å². The standard InChI is InChI=1S/C15H16ClN3/c16-15-9-8-14(17-18-15)12-4-6-13(7-5-12)19-10-2-1-3-11-19/h4-9H,1-3,10-11H2. The Bertz CT molecular complexity index is 530. The third-order valence-electron chi connectivity index (χ3n) is 3.52. The fraction of sp³-hybridized carbons (Fsp3) is 0.333. The van der Waals surface area contributed by atoms with Crippen LogP contribution in [0.3, 0.4) is 0 Å². The number of anilines is 1. The van der Waals surface area contributed by atoms with Crippen molar-refractivity contribution in [2.75, 3.05) is 18.0 Å². The lowest BCUT2D eigenvalue weighted by Gasteiger charge is -2.28. The predicted molar refractivity (Wildman–Crippen MR) is 78.5 cm³/mol. The third-order valence-corrected chi connectivity index (χ3v) is 3.72. The Kier molecular flexibility index (Phi) is 3.65. The molecular weight excluding hydrogens is 258 g/mol. The van der Waals surface area contributed by atoms with E-state index in [0.717, 1.165) is 11.3 Å². The van der Waals surface area contributed by atoms with Gasteiger partial charge in [-0.3, -0.25) is 0 Å². The second kappa shape index (κ2) is 5.57. The topological polar surface area (TPSA) is 29.0 Å². The summed E-state index contributed by atoms with van der Waals surface area (Å²) in [6.07, 6.45) is 3.95. The van der Waals surface area contributed by atoms with Crippen molar-refractivity contribution in [3.63, 3.8) is 0 Å². The summed E-state index contributed by atoms with van der Waals surface area (Å²) in [5, 5.41) is 8.39. The summed E-state index contributed by atoms with van der Waals surface area (Å²) in [7, 11) is 0. The molecule has 0 saturated carbocycles. The minimum absolute atomic E-state index is 0.425. The second-order valence-corrected chi connectivity index (χ2v) is 5.22. The fourth-order valence-electron chi connectivity index (χ4n) is 2.47. The summed E-state index contributed by atoms with van der Waals surface area (Å²) in [4.78, 5) is 2.45. The van der Waals surface area contributed by atoms with Crippen LogP contribution in [0.2, 0.25) is 5.15 Å². The number of aromatic nitrogens is 2. The van der Waals surface area contributed by atoms with Crippen LogP contribution in [0, 0.1) is 0 Å². The van der Waals surface area contributed by atoms with Gasteiger partial charge in [-0.2, -0.15) is 0 Å². The van der Waals surface area contributed by atoms with E-state index < -0.39 is 0 Å². The van der Waals surface area contributed by atoms with Crippen LogP contribution in [-0.2, 0) is 0 Å². The lowest BCUT2D eigenvalue weighted by atomic mass is 10.1. The van der Waals surface area contributed by atoms with Crippen LogP contribution in [0.4, 0.5) is 5.69 Å². The van der Waals surface area contributed by atoms with Crippen molar-refractivity contribution in [1.29, 1.82) is 0 Å². The number of rotatable bonds is 2. The molecule has 0 unspecified atom stereocenters. The van der Waals surface area contributed by atoms with Gasteiger partial charge in [0.2, 0.25) is 0 Å². The normalized spacial score (nSPS) is 15.5. The minimum atomic E-state index is 0.425. The van der Waals surface area contributed by atoms with Gasteiger partial charge < -0.3 is 4.90 Å². The highest BCUT2D eigenvalue weighted by Crippen LogP contribution is 2.24. The molecule has 0 spiro atoms. The smallest absolute Gasteiger partial charge is 0.151 e. The van der Waals surface area contributed by atoms with Gasteiger partial charge in [-0.05, 0) is 43.5 Å². The lowest BCUT2D eigenvalue weighted by molar-refractivity contribution is 0.578. The van der Waals surface area contributed by atoms with Crippen molar-refractivity contribution in [1.82, 2.24) is 10.2 Å². The number of piperidine rings is 1. The molecule has 1 aromatic heterocycles. The largest absolute Gasteiger partial charge is 0.372 e. The average Bonchev–Trinajstić information content (AvgIpc) is 2.49. The molecule has 2 heterocycles. The Labute approximate surface area is 118 Å². The molecule has 1 saturated heterocycles. The minimum Gasteiger partial charge on any atom is -0.372 e. The second-order valence-electron chi connectivity index (χ2n) is 4.84. The summed E-state index contributed by atoms with van der Waals surface area (Å²) >= 11 is 5.75. The van der Waals surface area contributed by atoms with Gasteiger partial charge in [0, 0.05) is 24.3 Å². The van der Waals surface area contributed by atoms with Gasteiger partial charge in [-0.1, -0.05) is 23.7 Å². The summed E-state index contributed by atoms with van der Waals surface area (Å²) in [5.74, 6) is 0. The van der Waals surface area contributed by atoms with E-state index >= 15 is 0 Å². The molecule has 0 aliphatic carbocycles. The van der Waals surface area contributed by atoms with E-state index in [-0.39, 0.29) is 0 Å². The summed E-state index contributed by atoms with van der Waals surface area (Å²) in [5.41, 5.74) is 3.23. The quantitative estimate of drug-likeness (QED) is 0.834. The Morgan fingerprint density at radius 1 is 0.842 bits per heavy atom. The van der Waals surface area contributed by atoms with Crippen molar-refractivity contribution in [3.8, 4) is 11.3 Å². The molecule has 0 N–H and O–H groups in total. The Morgan fingerprint density at radius 3 is 2.21 bits per heavy atom. The van der Waals surface area contributed by atoms with Crippen molar-refractivity contribution < 1.29 is 0 Å². The summed E-state index contributed by atoms with van der Waals surface area (Å²) < 4.78 is 0. The highest BCUT2D eigenvalue weighted by atomic mass is 35.5. The van der Waals surface area contributed by atoms with E-state index in [1.54, 1.807) is 6.07 Å². The van der Waals surface area contributed by atoms with E-state index in [4.69, 9.17) is 11.6 Å². The zero-order valence-corrected chi connectivity index (χ0v) is 11.5. The summed E-state index contributed by atoms with van der Waals surface area (Å²) in [6, 6.07) is 12.2. The van der Waals surface area contributed by atoms with Crippen LogP contribution in [0.5, 0.6) is 0 Å². The van der Waals surface area contributed by atoms with Crippen molar-refractivity contribution in [2.24, 2.45) is 0 Å². The van der Waals surface area contributed by atoms with Gasteiger partial charge in [-0.15, -0.1) is 10.2 Å². The van der Waals surface area contributed by atoms with Gasteiger partial charge in [0.05, 0.1) is 5.69 Å². The fourth-order valence-corrected chi connectivity index (χ4v) is 2.57. The molecule has 1 aliphatic rings.